The smallest absolute Gasteiger partial charge is 0.405 e. The molecule has 100 valence electrons. The Morgan fingerprint density at radius 2 is 2.11 bits per heavy atom. The summed E-state index contributed by atoms with van der Waals surface area (Å²) in [5, 5.41) is 5.15. The maximum absolute atomic E-state index is 12.0. The Bertz CT molecular complexity index is 438. The van der Waals surface area contributed by atoms with Crippen LogP contribution in [0.25, 0.3) is 0 Å². The minimum absolute atomic E-state index is 0.0992. The number of halogens is 4. The van der Waals surface area contributed by atoms with Crippen molar-refractivity contribution >= 4 is 27.5 Å². The molecule has 0 spiro atoms. The summed E-state index contributed by atoms with van der Waals surface area (Å²) in [7, 11) is 1.61. The van der Waals surface area contributed by atoms with Crippen LogP contribution in [0.2, 0.25) is 0 Å². The highest BCUT2D eigenvalue weighted by atomic mass is 79.9. The molecule has 0 radical (unpaired) electrons. The summed E-state index contributed by atoms with van der Waals surface area (Å²) >= 11 is 2.94. The number of benzene rings is 1. The van der Waals surface area contributed by atoms with Gasteiger partial charge in [0.1, 0.15) is 5.75 Å². The predicted octanol–water partition coefficient (Wildman–Crippen LogP) is 2.51. The van der Waals surface area contributed by atoms with Crippen molar-refractivity contribution in [2.24, 2.45) is 0 Å². The summed E-state index contributed by atoms with van der Waals surface area (Å²) < 4.78 is 39.9. The molecule has 0 unspecified atom stereocenters. The monoisotopic (exact) mass is 326 g/mol. The molecule has 0 atom stereocenters. The van der Waals surface area contributed by atoms with Crippen molar-refractivity contribution in [2.75, 3.05) is 18.9 Å². The van der Waals surface area contributed by atoms with Crippen molar-refractivity contribution in [3.05, 3.63) is 22.7 Å². The maximum Gasteiger partial charge on any atom is 0.573 e. The Hall–Kier alpha value is -1.28. The summed E-state index contributed by atoms with van der Waals surface area (Å²) in [5.74, 6) is -0.664. The quantitative estimate of drug-likeness (QED) is 0.893. The van der Waals surface area contributed by atoms with Crippen LogP contribution >= 0.6 is 15.9 Å². The molecular weight excluding hydrogens is 317 g/mol. The number of likely N-dealkylation sites (N-methyl/N-ethyl adjacent to an activating group) is 1. The van der Waals surface area contributed by atoms with Crippen LogP contribution in [0, 0.1) is 0 Å². The molecule has 1 amide bonds. The van der Waals surface area contributed by atoms with Crippen LogP contribution in [0.5, 0.6) is 5.75 Å². The minimum Gasteiger partial charge on any atom is -0.405 e. The SMILES string of the molecule is CNCC(=O)Nc1ccc(OC(F)(F)F)c(Br)c1. The molecule has 4 nitrogen and oxygen atoms in total. The number of hydrogen-bond acceptors (Lipinski definition) is 3. The molecule has 0 aromatic heterocycles. The molecule has 2 N–H and O–H groups in total. The molecule has 8 heteroatoms. The van der Waals surface area contributed by atoms with E-state index in [-0.39, 0.29) is 22.7 Å². The molecule has 0 saturated carbocycles. The van der Waals surface area contributed by atoms with Gasteiger partial charge in [0.25, 0.3) is 0 Å². The van der Waals surface area contributed by atoms with Gasteiger partial charge >= 0.3 is 6.36 Å². The molecule has 1 aromatic carbocycles. The van der Waals surface area contributed by atoms with E-state index >= 15 is 0 Å². The largest absolute Gasteiger partial charge is 0.573 e. The third kappa shape index (κ3) is 4.92. The van der Waals surface area contributed by atoms with Gasteiger partial charge in [0.15, 0.2) is 0 Å². The average Bonchev–Trinajstić information content (AvgIpc) is 2.21. The summed E-state index contributed by atoms with van der Waals surface area (Å²) in [6.07, 6.45) is -4.75. The molecule has 0 heterocycles. The molecule has 0 bridgehead atoms. The standard InChI is InChI=1S/C10H10BrF3N2O2/c1-15-5-9(17)16-6-2-3-8(7(11)4-6)18-10(12,13)14/h2-4,15H,5H2,1H3,(H,16,17). The van der Waals surface area contributed by atoms with E-state index in [0.717, 1.165) is 6.07 Å². The van der Waals surface area contributed by atoms with Crippen molar-refractivity contribution in [3.63, 3.8) is 0 Å². The van der Waals surface area contributed by atoms with Crippen molar-refractivity contribution < 1.29 is 22.7 Å². The first-order chi connectivity index (χ1) is 8.31. The second-order valence-electron chi connectivity index (χ2n) is 3.27. The molecule has 0 aliphatic heterocycles. The lowest BCUT2D eigenvalue weighted by molar-refractivity contribution is -0.274. The zero-order valence-electron chi connectivity index (χ0n) is 9.27. The van der Waals surface area contributed by atoms with Crippen LogP contribution in [-0.4, -0.2) is 25.9 Å². The summed E-state index contributed by atoms with van der Waals surface area (Å²) in [5.41, 5.74) is 0.372. The van der Waals surface area contributed by atoms with E-state index in [1.54, 1.807) is 7.05 Å². The van der Waals surface area contributed by atoms with Crippen LogP contribution in [0.3, 0.4) is 0 Å². The van der Waals surface area contributed by atoms with Crippen LogP contribution in [-0.2, 0) is 4.79 Å². The zero-order chi connectivity index (χ0) is 13.8. The van der Waals surface area contributed by atoms with E-state index in [1.165, 1.54) is 12.1 Å². The Morgan fingerprint density at radius 1 is 1.44 bits per heavy atom. The Labute approximate surface area is 110 Å². The van der Waals surface area contributed by atoms with Gasteiger partial charge < -0.3 is 15.4 Å². The fraction of sp³-hybridized carbons (Fsp3) is 0.300. The van der Waals surface area contributed by atoms with Crippen molar-refractivity contribution in [2.45, 2.75) is 6.36 Å². The normalized spacial score (nSPS) is 11.2. The van der Waals surface area contributed by atoms with Gasteiger partial charge in [0.2, 0.25) is 5.91 Å². The number of nitrogens with one attached hydrogen (secondary N) is 2. The fourth-order valence-corrected chi connectivity index (χ4v) is 1.61. The summed E-state index contributed by atoms with van der Waals surface area (Å²) in [4.78, 5) is 11.2. The average molecular weight is 327 g/mol. The van der Waals surface area contributed by atoms with E-state index in [4.69, 9.17) is 0 Å². The number of carbonyl (C=O) groups is 1. The Balaban J connectivity index is 2.76. The number of hydrogen-bond donors (Lipinski definition) is 2. The topological polar surface area (TPSA) is 50.4 Å². The van der Waals surface area contributed by atoms with Crippen molar-refractivity contribution in [3.8, 4) is 5.75 Å². The number of anilines is 1. The molecule has 0 fully saturated rings. The van der Waals surface area contributed by atoms with Crippen LogP contribution in [0.4, 0.5) is 18.9 Å². The number of rotatable bonds is 4. The highest BCUT2D eigenvalue weighted by molar-refractivity contribution is 9.10. The first-order valence-electron chi connectivity index (χ1n) is 4.81. The third-order valence-corrected chi connectivity index (χ3v) is 2.40. The van der Waals surface area contributed by atoms with Gasteiger partial charge in [-0.3, -0.25) is 4.79 Å². The van der Waals surface area contributed by atoms with Gasteiger partial charge in [-0.1, -0.05) is 0 Å². The predicted molar refractivity (Wildman–Crippen MR) is 63.4 cm³/mol. The lowest BCUT2D eigenvalue weighted by Gasteiger charge is -2.12. The third-order valence-electron chi connectivity index (χ3n) is 1.78. The summed E-state index contributed by atoms with van der Waals surface area (Å²) in [6.45, 7) is 0.110. The lowest BCUT2D eigenvalue weighted by Crippen LogP contribution is -2.25. The Kier molecular flexibility index (Phi) is 4.97. The molecular formula is C10H10BrF3N2O2. The number of alkyl halides is 3. The van der Waals surface area contributed by atoms with E-state index in [0.29, 0.717) is 5.69 Å². The molecule has 0 saturated heterocycles. The van der Waals surface area contributed by atoms with Gasteiger partial charge in [-0.05, 0) is 41.2 Å². The number of carbonyl (C=O) groups excluding carboxylic acids is 1. The number of ether oxygens (including phenoxy) is 1. The van der Waals surface area contributed by atoms with Gasteiger partial charge in [-0.2, -0.15) is 0 Å². The van der Waals surface area contributed by atoms with E-state index < -0.39 is 6.36 Å². The maximum atomic E-state index is 12.0. The molecule has 0 aliphatic carbocycles. The van der Waals surface area contributed by atoms with E-state index in [9.17, 15) is 18.0 Å². The second kappa shape index (κ2) is 6.05. The second-order valence-corrected chi connectivity index (χ2v) is 4.13. The highest BCUT2D eigenvalue weighted by Gasteiger charge is 2.31. The number of amides is 1. The van der Waals surface area contributed by atoms with E-state index in [2.05, 4.69) is 31.3 Å². The molecule has 0 aliphatic rings. The van der Waals surface area contributed by atoms with Crippen LogP contribution < -0.4 is 15.4 Å². The van der Waals surface area contributed by atoms with Crippen molar-refractivity contribution in [1.82, 2.24) is 5.32 Å². The van der Waals surface area contributed by atoms with Gasteiger partial charge in [0.05, 0.1) is 11.0 Å². The first-order valence-corrected chi connectivity index (χ1v) is 5.61. The molecule has 1 rings (SSSR count). The van der Waals surface area contributed by atoms with Crippen LogP contribution in [0.1, 0.15) is 0 Å². The molecule has 1 aromatic rings. The lowest BCUT2D eigenvalue weighted by atomic mass is 10.3. The first kappa shape index (κ1) is 14.8. The minimum atomic E-state index is -4.75. The zero-order valence-corrected chi connectivity index (χ0v) is 10.9. The van der Waals surface area contributed by atoms with Gasteiger partial charge in [-0.15, -0.1) is 13.2 Å². The van der Waals surface area contributed by atoms with Gasteiger partial charge in [-0.25, -0.2) is 0 Å². The van der Waals surface area contributed by atoms with Crippen LogP contribution in [0.15, 0.2) is 22.7 Å². The van der Waals surface area contributed by atoms with E-state index in [1.807, 2.05) is 0 Å². The highest BCUT2D eigenvalue weighted by Crippen LogP contribution is 2.32. The Morgan fingerprint density at radius 3 is 2.61 bits per heavy atom. The van der Waals surface area contributed by atoms with Gasteiger partial charge in [0, 0.05) is 5.69 Å². The fourth-order valence-electron chi connectivity index (χ4n) is 1.15. The molecule has 18 heavy (non-hydrogen) atoms. The summed E-state index contributed by atoms with van der Waals surface area (Å²) in [6, 6.07) is 3.76. The van der Waals surface area contributed by atoms with Crippen molar-refractivity contribution in [1.29, 1.82) is 0 Å².